The predicted octanol–water partition coefficient (Wildman–Crippen LogP) is 2.52. The Hall–Kier alpha value is -1.88. The van der Waals surface area contributed by atoms with Crippen LogP contribution in [0.5, 0.6) is 0 Å². The van der Waals surface area contributed by atoms with Crippen LogP contribution in [0.25, 0.3) is 0 Å². The number of likely N-dealkylation sites (tertiary alicyclic amines) is 1. The molecule has 112 valence electrons. The van der Waals surface area contributed by atoms with Crippen LogP contribution in [0, 0.1) is 6.92 Å². The van der Waals surface area contributed by atoms with Gasteiger partial charge in [-0.1, -0.05) is 0 Å². The SMILES string of the molecule is Cc1[nH]cnc1CN1CCCC1c1ccnc(N(C)C)c1. The summed E-state index contributed by atoms with van der Waals surface area (Å²) in [6.07, 6.45) is 6.15. The Balaban J connectivity index is 1.80. The number of hydrogen-bond donors (Lipinski definition) is 1. The van der Waals surface area contributed by atoms with E-state index in [0.29, 0.717) is 6.04 Å². The maximum atomic E-state index is 4.44. The summed E-state index contributed by atoms with van der Waals surface area (Å²) < 4.78 is 0. The topological polar surface area (TPSA) is 48.1 Å². The highest BCUT2D eigenvalue weighted by atomic mass is 15.2. The Morgan fingerprint density at radius 1 is 1.38 bits per heavy atom. The van der Waals surface area contributed by atoms with Crippen LogP contribution in [0.1, 0.15) is 35.8 Å². The highest BCUT2D eigenvalue weighted by Crippen LogP contribution is 2.33. The van der Waals surface area contributed by atoms with Gasteiger partial charge in [0, 0.05) is 38.6 Å². The summed E-state index contributed by atoms with van der Waals surface area (Å²) in [4.78, 5) is 16.6. The molecular weight excluding hydrogens is 262 g/mol. The molecule has 2 aromatic heterocycles. The molecule has 0 spiro atoms. The van der Waals surface area contributed by atoms with E-state index in [4.69, 9.17) is 0 Å². The van der Waals surface area contributed by atoms with Gasteiger partial charge in [0.15, 0.2) is 0 Å². The first-order valence-electron chi connectivity index (χ1n) is 7.51. The van der Waals surface area contributed by atoms with Crippen molar-refractivity contribution in [2.45, 2.75) is 32.4 Å². The number of imidazole rings is 1. The van der Waals surface area contributed by atoms with E-state index in [1.54, 1.807) is 6.33 Å². The fourth-order valence-electron chi connectivity index (χ4n) is 3.02. The Bertz CT molecular complexity index is 604. The van der Waals surface area contributed by atoms with Crippen molar-refractivity contribution in [1.29, 1.82) is 0 Å². The minimum atomic E-state index is 0.475. The highest BCUT2D eigenvalue weighted by Gasteiger charge is 2.27. The first-order chi connectivity index (χ1) is 10.1. The van der Waals surface area contributed by atoms with Crippen LogP contribution in [0.4, 0.5) is 5.82 Å². The largest absolute Gasteiger partial charge is 0.363 e. The number of pyridine rings is 1. The average Bonchev–Trinajstić information content (AvgIpc) is 3.09. The van der Waals surface area contributed by atoms with Gasteiger partial charge in [0.25, 0.3) is 0 Å². The third-order valence-corrected chi connectivity index (χ3v) is 4.26. The van der Waals surface area contributed by atoms with Crippen LogP contribution in [-0.4, -0.2) is 40.5 Å². The molecule has 2 aromatic rings. The summed E-state index contributed by atoms with van der Waals surface area (Å²) in [6.45, 7) is 4.14. The second kappa shape index (κ2) is 5.85. The lowest BCUT2D eigenvalue weighted by molar-refractivity contribution is 0.245. The van der Waals surface area contributed by atoms with Crippen LogP contribution in [0.2, 0.25) is 0 Å². The van der Waals surface area contributed by atoms with Gasteiger partial charge in [-0.15, -0.1) is 0 Å². The Labute approximate surface area is 126 Å². The van der Waals surface area contributed by atoms with Crippen LogP contribution in [-0.2, 0) is 6.54 Å². The van der Waals surface area contributed by atoms with E-state index in [-0.39, 0.29) is 0 Å². The minimum absolute atomic E-state index is 0.475. The van der Waals surface area contributed by atoms with Gasteiger partial charge in [0.2, 0.25) is 0 Å². The fraction of sp³-hybridized carbons (Fsp3) is 0.500. The zero-order valence-corrected chi connectivity index (χ0v) is 13.0. The first kappa shape index (κ1) is 14.1. The highest BCUT2D eigenvalue weighted by molar-refractivity contribution is 5.40. The number of nitrogens with zero attached hydrogens (tertiary/aromatic N) is 4. The van der Waals surface area contributed by atoms with Gasteiger partial charge in [-0.05, 0) is 44.0 Å². The summed E-state index contributed by atoms with van der Waals surface area (Å²) in [6, 6.07) is 4.83. The van der Waals surface area contributed by atoms with Crippen molar-refractivity contribution in [1.82, 2.24) is 19.9 Å². The van der Waals surface area contributed by atoms with Crippen molar-refractivity contribution in [3.63, 3.8) is 0 Å². The standard InChI is InChI=1S/C16H23N5/c1-12-14(19-11-18-12)10-21-8-4-5-15(21)13-6-7-17-16(9-13)20(2)3/h6-7,9,11,15H,4-5,8,10H2,1-3H3,(H,18,19). The van der Waals surface area contributed by atoms with E-state index >= 15 is 0 Å². The van der Waals surface area contributed by atoms with Gasteiger partial charge >= 0.3 is 0 Å². The van der Waals surface area contributed by atoms with E-state index in [0.717, 1.165) is 24.6 Å². The zero-order chi connectivity index (χ0) is 14.8. The second-order valence-electron chi connectivity index (χ2n) is 5.94. The van der Waals surface area contributed by atoms with Gasteiger partial charge in [-0.2, -0.15) is 0 Å². The van der Waals surface area contributed by atoms with E-state index in [1.807, 2.05) is 20.3 Å². The molecule has 1 N–H and O–H groups in total. The van der Waals surface area contributed by atoms with Crippen molar-refractivity contribution < 1.29 is 0 Å². The number of rotatable bonds is 4. The molecule has 0 amide bonds. The molecule has 1 aliphatic heterocycles. The van der Waals surface area contributed by atoms with Crippen LogP contribution in [0.15, 0.2) is 24.7 Å². The normalized spacial score (nSPS) is 19.1. The van der Waals surface area contributed by atoms with Crippen molar-refractivity contribution in [3.8, 4) is 0 Å². The van der Waals surface area contributed by atoms with Crippen LogP contribution >= 0.6 is 0 Å². The number of aromatic amines is 1. The predicted molar refractivity (Wildman–Crippen MR) is 84.3 cm³/mol. The van der Waals surface area contributed by atoms with E-state index < -0.39 is 0 Å². The third kappa shape index (κ3) is 2.93. The first-order valence-corrected chi connectivity index (χ1v) is 7.51. The second-order valence-corrected chi connectivity index (χ2v) is 5.94. The van der Waals surface area contributed by atoms with E-state index in [9.17, 15) is 0 Å². The summed E-state index contributed by atoms with van der Waals surface area (Å²) >= 11 is 0. The molecule has 0 bridgehead atoms. The van der Waals surface area contributed by atoms with Crippen LogP contribution < -0.4 is 4.90 Å². The molecule has 1 saturated heterocycles. The number of H-pyrrole nitrogens is 1. The molecule has 1 unspecified atom stereocenters. The Morgan fingerprint density at radius 3 is 2.95 bits per heavy atom. The Kier molecular flexibility index (Phi) is 3.92. The average molecular weight is 285 g/mol. The van der Waals surface area contributed by atoms with Gasteiger partial charge in [-0.25, -0.2) is 9.97 Å². The van der Waals surface area contributed by atoms with Gasteiger partial charge in [0.1, 0.15) is 5.82 Å². The van der Waals surface area contributed by atoms with Crippen molar-refractivity contribution in [2.24, 2.45) is 0 Å². The quantitative estimate of drug-likeness (QED) is 0.937. The lowest BCUT2D eigenvalue weighted by Crippen LogP contribution is -2.23. The van der Waals surface area contributed by atoms with E-state index in [1.165, 1.54) is 24.1 Å². The Morgan fingerprint density at radius 2 is 2.24 bits per heavy atom. The summed E-state index contributed by atoms with van der Waals surface area (Å²) in [7, 11) is 4.07. The number of aromatic nitrogens is 3. The maximum Gasteiger partial charge on any atom is 0.128 e. The molecule has 0 aliphatic carbocycles. The summed E-state index contributed by atoms with van der Waals surface area (Å²) in [5.74, 6) is 1.02. The van der Waals surface area contributed by atoms with Crippen molar-refractivity contribution >= 4 is 5.82 Å². The van der Waals surface area contributed by atoms with Gasteiger partial charge < -0.3 is 9.88 Å². The summed E-state index contributed by atoms with van der Waals surface area (Å²) in [5, 5.41) is 0. The smallest absolute Gasteiger partial charge is 0.128 e. The molecular formula is C16H23N5. The molecule has 5 heteroatoms. The van der Waals surface area contributed by atoms with Crippen LogP contribution in [0.3, 0.4) is 0 Å². The molecule has 1 atom stereocenters. The number of hydrogen-bond acceptors (Lipinski definition) is 4. The molecule has 5 nitrogen and oxygen atoms in total. The maximum absolute atomic E-state index is 4.44. The van der Waals surface area contributed by atoms with Crippen molar-refractivity contribution in [2.75, 3.05) is 25.5 Å². The molecule has 1 aliphatic rings. The number of anilines is 1. The zero-order valence-electron chi connectivity index (χ0n) is 13.0. The minimum Gasteiger partial charge on any atom is -0.363 e. The lowest BCUT2D eigenvalue weighted by atomic mass is 10.1. The van der Waals surface area contributed by atoms with Crippen molar-refractivity contribution in [3.05, 3.63) is 41.6 Å². The molecule has 3 heterocycles. The fourth-order valence-corrected chi connectivity index (χ4v) is 3.02. The van der Waals surface area contributed by atoms with Gasteiger partial charge in [0.05, 0.1) is 12.0 Å². The van der Waals surface area contributed by atoms with Gasteiger partial charge in [-0.3, -0.25) is 4.90 Å². The number of nitrogens with one attached hydrogen (secondary N) is 1. The molecule has 3 rings (SSSR count). The molecule has 0 aromatic carbocycles. The molecule has 0 saturated carbocycles. The van der Waals surface area contributed by atoms with E-state index in [2.05, 4.69) is 43.8 Å². The monoisotopic (exact) mass is 285 g/mol. The lowest BCUT2D eigenvalue weighted by Gasteiger charge is -2.25. The third-order valence-electron chi connectivity index (χ3n) is 4.26. The molecule has 0 radical (unpaired) electrons. The summed E-state index contributed by atoms with van der Waals surface area (Å²) in [5.41, 5.74) is 3.69. The molecule has 1 fully saturated rings. The molecule has 21 heavy (non-hydrogen) atoms. The number of aryl methyl sites for hydroxylation is 1.